The van der Waals surface area contributed by atoms with Gasteiger partial charge in [-0.05, 0) is 68.6 Å². The molecule has 4 saturated carbocycles. The summed E-state index contributed by atoms with van der Waals surface area (Å²) in [6, 6.07) is 2.35. The molecule has 0 spiro atoms. The molecule has 0 radical (unpaired) electrons. The maximum atomic E-state index is 5.43. The first-order valence-electron chi connectivity index (χ1n) is 8.22. The van der Waals surface area contributed by atoms with Crippen LogP contribution >= 0.6 is 0 Å². The average molecular weight is 287 g/mol. The molecule has 1 aromatic heterocycles. The standard InChI is InChI=1S/C16H25N5/c1-10(20-14-5-15(21-17)19-9-18-14)16-6-11-2-12(7-16)4-13(3-11)8-16/h5,9-13H,2-4,6-8,17H2,1H3,(H2,18,19,20,21). The molecule has 5 heteroatoms. The van der Waals surface area contributed by atoms with Gasteiger partial charge in [0.2, 0.25) is 0 Å². The van der Waals surface area contributed by atoms with Crippen LogP contribution in [0.5, 0.6) is 0 Å². The van der Waals surface area contributed by atoms with Gasteiger partial charge in [-0.15, -0.1) is 0 Å². The second kappa shape index (κ2) is 4.83. The van der Waals surface area contributed by atoms with Crippen LogP contribution in [0.15, 0.2) is 12.4 Å². The largest absolute Gasteiger partial charge is 0.367 e. The number of nitrogen functional groups attached to an aromatic ring is 1. The number of rotatable bonds is 4. The molecule has 114 valence electrons. The number of hydrogen-bond donors (Lipinski definition) is 3. The number of hydrogen-bond acceptors (Lipinski definition) is 5. The van der Waals surface area contributed by atoms with Crippen molar-refractivity contribution in [1.82, 2.24) is 9.97 Å². The third-order valence-corrected chi connectivity index (χ3v) is 6.18. The third kappa shape index (κ3) is 2.27. The molecule has 5 nitrogen and oxygen atoms in total. The van der Waals surface area contributed by atoms with Gasteiger partial charge in [-0.2, -0.15) is 0 Å². The first-order valence-corrected chi connectivity index (χ1v) is 8.22. The summed E-state index contributed by atoms with van der Waals surface area (Å²) < 4.78 is 0. The molecule has 0 amide bonds. The maximum absolute atomic E-state index is 5.43. The molecule has 1 aromatic rings. The van der Waals surface area contributed by atoms with Gasteiger partial charge in [-0.3, -0.25) is 0 Å². The fourth-order valence-electron chi connectivity index (χ4n) is 5.60. The van der Waals surface area contributed by atoms with Crippen molar-refractivity contribution in [3.05, 3.63) is 12.4 Å². The van der Waals surface area contributed by atoms with E-state index in [4.69, 9.17) is 5.84 Å². The Morgan fingerprint density at radius 2 is 1.67 bits per heavy atom. The summed E-state index contributed by atoms with van der Waals surface area (Å²) in [5.41, 5.74) is 3.07. The molecule has 4 aliphatic rings. The Balaban J connectivity index is 1.53. The Labute approximate surface area is 126 Å². The fraction of sp³-hybridized carbons (Fsp3) is 0.750. The maximum Gasteiger partial charge on any atom is 0.145 e. The molecule has 21 heavy (non-hydrogen) atoms. The predicted molar refractivity (Wildman–Crippen MR) is 83.5 cm³/mol. The Hall–Kier alpha value is -1.36. The van der Waals surface area contributed by atoms with Gasteiger partial charge in [0.1, 0.15) is 18.0 Å². The zero-order valence-electron chi connectivity index (χ0n) is 12.7. The summed E-state index contributed by atoms with van der Waals surface area (Å²) in [5.74, 6) is 9.90. The van der Waals surface area contributed by atoms with Crippen LogP contribution in [-0.4, -0.2) is 16.0 Å². The second-order valence-electron chi connectivity index (χ2n) is 7.58. The van der Waals surface area contributed by atoms with Gasteiger partial charge in [0, 0.05) is 12.1 Å². The van der Waals surface area contributed by atoms with Crippen molar-refractivity contribution >= 4 is 11.6 Å². The minimum absolute atomic E-state index is 0.464. The lowest BCUT2D eigenvalue weighted by molar-refractivity contribution is -0.0603. The Morgan fingerprint density at radius 1 is 1.10 bits per heavy atom. The number of nitrogens with two attached hydrogens (primary N) is 1. The Kier molecular flexibility index (Phi) is 3.06. The normalized spacial score (nSPS) is 38.3. The van der Waals surface area contributed by atoms with Crippen LogP contribution in [0.4, 0.5) is 11.6 Å². The Morgan fingerprint density at radius 3 is 2.24 bits per heavy atom. The van der Waals surface area contributed by atoms with Crippen molar-refractivity contribution in [2.75, 3.05) is 10.7 Å². The monoisotopic (exact) mass is 287 g/mol. The van der Waals surface area contributed by atoms with E-state index >= 15 is 0 Å². The first kappa shape index (κ1) is 13.3. The van der Waals surface area contributed by atoms with E-state index in [1.807, 2.05) is 6.07 Å². The highest BCUT2D eigenvalue weighted by atomic mass is 15.3. The molecule has 1 atom stereocenters. The lowest BCUT2D eigenvalue weighted by atomic mass is 9.48. The molecule has 4 aliphatic carbocycles. The lowest BCUT2D eigenvalue weighted by Crippen LogP contribution is -2.53. The van der Waals surface area contributed by atoms with Gasteiger partial charge in [0.05, 0.1) is 0 Å². The zero-order chi connectivity index (χ0) is 14.4. The zero-order valence-corrected chi connectivity index (χ0v) is 12.7. The Bertz CT molecular complexity index is 494. The predicted octanol–water partition coefficient (Wildman–Crippen LogP) is 2.78. The van der Waals surface area contributed by atoms with Crippen LogP contribution < -0.4 is 16.6 Å². The van der Waals surface area contributed by atoms with Crippen molar-refractivity contribution in [3.63, 3.8) is 0 Å². The molecule has 5 rings (SSSR count). The first-order chi connectivity index (χ1) is 10.2. The number of hydrazine groups is 1. The number of aromatic nitrogens is 2. The average Bonchev–Trinajstić information content (AvgIpc) is 2.46. The second-order valence-corrected chi connectivity index (χ2v) is 7.58. The van der Waals surface area contributed by atoms with Gasteiger partial charge in [-0.1, -0.05) is 0 Å². The van der Waals surface area contributed by atoms with Crippen LogP contribution in [-0.2, 0) is 0 Å². The molecular formula is C16H25N5. The number of anilines is 2. The molecule has 1 heterocycles. The van der Waals surface area contributed by atoms with E-state index in [9.17, 15) is 0 Å². The van der Waals surface area contributed by atoms with Gasteiger partial charge < -0.3 is 10.7 Å². The molecule has 4 N–H and O–H groups in total. The SMILES string of the molecule is CC(Nc1cc(NN)ncn1)C12CC3CC(CC(C3)C1)C2. The summed E-state index contributed by atoms with van der Waals surface area (Å²) in [7, 11) is 0. The van der Waals surface area contributed by atoms with E-state index < -0.39 is 0 Å². The van der Waals surface area contributed by atoms with Crippen molar-refractivity contribution in [2.24, 2.45) is 29.0 Å². The van der Waals surface area contributed by atoms with Crippen molar-refractivity contribution in [1.29, 1.82) is 0 Å². The van der Waals surface area contributed by atoms with Gasteiger partial charge in [0.15, 0.2) is 0 Å². The molecule has 4 bridgehead atoms. The summed E-state index contributed by atoms with van der Waals surface area (Å²) in [6.45, 7) is 2.34. The highest BCUT2D eigenvalue weighted by molar-refractivity contribution is 5.46. The molecule has 4 fully saturated rings. The minimum Gasteiger partial charge on any atom is -0.367 e. The van der Waals surface area contributed by atoms with Crippen LogP contribution in [0.2, 0.25) is 0 Å². The van der Waals surface area contributed by atoms with Crippen molar-refractivity contribution in [2.45, 2.75) is 51.5 Å². The fourth-order valence-corrected chi connectivity index (χ4v) is 5.60. The quantitative estimate of drug-likeness (QED) is 0.586. The molecule has 0 saturated heterocycles. The van der Waals surface area contributed by atoms with E-state index in [-0.39, 0.29) is 0 Å². The van der Waals surface area contributed by atoms with Crippen LogP contribution in [0.1, 0.15) is 45.4 Å². The van der Waals surface area contributed by atoms with Crippen LogP contribution in [0.3, 0.4) is 0 Å². The summed E-state index contributed by atoms with van der Waals surface area (Å²) >= 11 is 0. The van der Waals surface area contributed by atoms with E-state index in [2.05, 4.69) is 27.6 Å². The van der Waals surface area contributed by atoms with Gasteiger partial charge in [0.25, 0.3) is 0 Å². The molecule has 0 aliphatic heterocycles. The lowest BCUT2D eigenvalue weighted by Gasteiger charge is -2.59. The summed E-state index contributed by atoms with van der Waals surface area (Å²) in [4.78, 5) is 8.41. The third-order valence-electron chi connectivity index (χ3n) is 6.18. The highest BCUT2D eigenvalue weighted by Gasteiger charge is 2.53. The summed E-state index contributed by atoms with van der Waals surface area (Å²) in [6.07, 6.45) is 10.2. The number of nitrogens with zero attached hydrogens (tertiary/aromatic N) is 2. The topological polar surface area (TPSA) is 75.9 Å². The van der Waals surface area contributed by atoms with Gasteiger partial charge in [-0.25, -0.2) is 15.8 Å². The molecular weight excluding hydrogens is 262 g/mol. The minimum atomic E-state index is 0.464. The van der Waals surface area contributed by atoms with E-state index in [0.717, 1.165) is 23.6 Å². The highest BCUT2D eigenvalue weighted by Crippen LogP contribution is 2.61. The van der Waals surface area contributed by atoms with Crippen LogP contribution in [0, 0.1) is 23.2 Å². The number of nitrogens with one attached hydrogen (secondary N) is 2. The summed E-state index contributed by atoms with van der Waals surface area (Å²) in [5, 5.41) is 3.63. The molecule has 1 unspecified atom stereocenters. The smallest absolute Gasteiger partial charge is 0.145 e. The van der Waals surface area contributed by atoms with E-state index in [1.165, 1.54) is 38.5 Å². The molecule has 0 aromatic carbocycles. The van der Waals surface area contributed by atoms with E-state index in [0.29, 0.717) is 17.3 Å². The van der Waals surface area contributed by atoms with Crippen molar-refractivity contribution in [3.8, 4) is 0 Å². The van der Waals surface area contributed by atoms with Crippen molar-refractivity contribution < 1.29 is 0 Å². The van der Waals surface area contributed by atoms with E-state index in [1.54, 1.807) is 6.33 Å². The van der Waals surface area contributed by atoms with Crippen LogP contribution in [0.25, 0.3) is 0 Å². The van der Waals surface area contributed by atoms with Gasteiger partial charge >= 0.3 is 0 Å².